The second-order valence-corrected chi connectivity index (χ2v) is 7.21. The molecule has 0 atom stereocenters. The molecule has 0 bridgehead atoms. The van der Waals surface area contributed by atoms with E-state index in [-0.39, 0.29) is 16.3 Å². The van der Waals surface area contributed by atoms with Crippen LogP contribution in [0.2, 0.25) is 0 Å². The van der Waals surface area contributed by atoms with Crippen molar-refractivity contribution in [3.05, 3.63) is 35.5 Å². The van der Waals surface area contributed by atoms with Crippen LogP contribution >= 0.6 is 0 Å². The number of para-hydroxylation sites is 1. The number of nitrogens with one attached hydrogen (secondary N) is 2. The summed E-state index contributed by atoms with van der Waals surface area (Å²) in [7, 11) is -3.85. The number of sulfonamides is 1. The fourth-order valence-electron chi connectivity index (χ4n) is 1.68. The Balaban J connectivity index is 3.40. The quantitative estimate of drug-likeness (QED) is 0.813. The summed E-state index contributed by atoms with van der Waals surface area (Å²) in [6.07, 6.45) is 0. The third-order valence-electron chi connectivity index (χ3n) is 2.46. The molecule has 0 radical (unpaired) electrons. The van der Waals surface area contributed by atoms with Gasteiger partial charge in [-0.05, 0) is 32.9 Å². The molecule has 0 aliphatic heterocycles. The van der Waals surface area contributed by atoms with Gasteiger partial charge in [-0.3, -0.25) is 0 Å². The summed E-state index contributed by atoms with van der Waals surface area (Å²) < 4.78 is 27.4. The van der Waals surface area contributed by atoms with Gasteiger partial charge in [0.15, 0.2) is 5.57 Å². The van der Waals surface area contributed by atoms with Gasteiger partial charge in [-0.25, -0.2) is 13.1 Å². The van der Waals surface area contributed by atoms with Crippen LogP contribution < -0.4 is 10.0 Å². The molecule has 1 aromatic rings. The van der Waals surface area contributed by atoms with E-state index in [0.717, 1.165) is 0 Å². The fraction of sp³-hybridized carbons (Fsp3) is 0.267. The highest BCUT2D eigenvalue weighted by atomic mass is 32.2. The number of benzene rings is 1. The molecule has 0 aromatic heterocycles. The molecule has 0 saturated carbocycles. The Bertz CT molecular complexity index is 843. The zero-order valence-electron chi connectivity index (χ0n) is 12.9. The Morgan fingerprint density at radius 2 is 1.61 bits per heavy atom. The Hall–Kier alpha value is -2.86. The number of hydrogen-bond acceptors (Lipinski definition) is 6. The summed E-state index contributed by atoms with van der Waals surface area (Å²) in [6.45, 7) is 5.10. The third-order valence-corrected chi connectivity index (χ3v) is 4.28. The van der Waals surface area contributed by atoms with E-state index in [1.807, 2.05) is 0 Å². The lowest BCUT2D eigenvalue weighted by Gasteiger charge is -2.21. The Morgan fingerprint density at radius 1 is 1.04 bits per heavy atom. The number of nitrogens with zero attached hydrogens (tertiary/aromatic N) is 3. The van der Waals surface area contributed by atoms with Crippen molar-refractivity contribution in [3.63, 3.8) is 0 Å². The highest BCUT2D eigenvalue weighted by molar-refractivity contribution is 7.89. The van der Waals surface area contributed by atoms with Crippen molar-refractivity contribution < 1.29 is 8.42 Å². The molecule has 1 aromatic carbocycles. The van der Waals surface area contributed by atoms with Crippen LogP contribution in [0, 0.1) is 34.0 Å². The predicted molar refractivity (Wildman–Crippen MR) is 84.0 cm³/mol. The van der Waals surface area contributed by atoms with Crippen LogP contribution in [0.4, 0.5) is 5.69 Å². The van der Waals surface area contributed by atoms with Crippen molar-refractivity contribution >= 4 is 15.7 Å². The lowest BCUT2D eigenvalue weighted by Crippen LogP contribution is -2.40. The van der Waals surface area contributed by atoms with E-state index < -0.39 is 21.1 Å². The minimum Gasteiger partial charge on any atom is -0.344 e. The normalized spacial score (nSPS) is 10.8. The minimum absolute atomic E-state index is 0.0853. The molecule has 23 heavy (non-hydrogen) atoms. The molecule has 1 rings (SSSR count). The van der Waals surface area contributed by atoms with Gasteiger partial charge in [-0.2, -0.15) is 15.8 Å². The Morgan fingerprint density at radius 3 is 2.09 bits per heavy atom. The van der Waals surface area contributed by atoms with Gasteiger partial charge in [0.1, 0.15) is 28.8 Å². The highest BCUT2D eigenvalue weighted by Gasteiger charge is 2.24. The van der Waals surface area contributed by atoms with E-state index in [1.54, 1.807) is 45.0 Å². The standard InChI is InChI=1S/C15H15N5O2S/c1-15(2,3)20-23(21,22)14-7-5-4-6-12(14)19-13(10-18)11(8-16)9-17/h4-7,19-20H,1-3H3. The maximum atomic E-state index is 12.5. The van der Waals surface area contributed by atoms with Crippen molar-refractivity contribution in [1.82, 2.24) is 4.72 Å². The van der Waals surface area contributed by atoms with Gasteiger partial charge in [0.2, 0.25) is 10.0 Å². The molecule has 0 amide bonds. The van der Waals surface area contributed by atoms with Gasteiger partial charge in [0.25, 0.3) is 0 Å². The number of allylic oxidation sites excluding steroid dienone is 2. The second kappa shape index (κ2) is 6.93. The van der Waals surface area contributed by atoms with E-state index >= 15 is 0 Å². The fourth-order valence-corrected chi connectivity index (χ4v) is 3.26. The summed E-state index contributed by atoms with van der Waals surface area (Å²) in [5.74, 6) is 0. The van der Waals surface area contributed by atoms with Gasteiger partial charge in [0.05, 0.1) is 5.69 Å². The first kappa shape index (κ1) is 18.2. The van der Waals surface area contributed by atoms with Crippen LogP contribution in [0.1, 0.15) is 20.8 Å². The Labute approximate surface area is 135 Å². The van der Waals surface area contributed by atoms with Crippen molar-refractivity contribution in [1.29, 1.82) is 15.8 Å². The van der Waals surface area contributed by atoms with E-state index in [0.29, 0.717) is 0 Å². The monoisotopic (exact) mass is 329 g/mol. The lowest BCUT2D eigenvalue weighted by molar-refractivity contribution is 0.491. The SMILES string of the molecule is CC(C)(C)NS(=O)(=O)c1ccccc1NC(C#N)=C(C#N)C#N. The van der Waals surface area contributed by atoms with E-state index in [9.17, 15) is 8.42 Å². The predicted octanol–water partition coefficient (Wildman–Crippen LogP) is 2.00. The first-order chi connectivity index (χ1) is 10.6. The highest BCUT2D eigenvalue weighted by Crippen LogP contribution is 2.24. The van der Waals surface area contributed by atoms with E-state index in [4.69, 9.17) is 15.8 Å². The number of hydrogen-bond donors (Lipinski definition) is 2. The van der Waals surface area contributed by atoms with Gasteiger partial charge >= 0.3 is 0 Å². The molecular formula is C15H15N5O2S. The smallest absolute Gasteiger partial charge is 0.243 e. The largest absolute Gasteiger partial charge is 0.344 e. The molecule has 0 unspecified atom stereocenters. The van der Waals surface area contributed by atoms with Crippen molar-refractivity contribution in [2.75, 3.05) is 5.32 Å². The molecule has 0 aliphatic rings. The molecule has 0 saturated heterocycles. The minimum atomic E-state index is -3.85. The van der Waals surface area contributed by atoms with Crippen molar-refractivity contribution in [3.8, 4) is 18.2 Å². The molecule has 2 N–H and O–H groups in total. The van der Waals surface area contributed by atoms with Crippen LogP contribution in [0.25, 0.3) is 0 Å². The molecule has 0 spiro atoms. The summed E-state index contributed by atoms with van der Waals surface area (Å²) in [5.41, 5.74) is -1.33. The zero-order valence-corrected chi connectivity index (χ0v) is 13.7. The van der Waals surface area contributed by atoms with Crippen LogP contribution in [0.5, 0.6) is 0 Å². The lowest BCUT2D eigenvalue weighted by atomic mass is 10.1. The van der Waals surface area contributed by atoms with Crippen LogP contribution in [0.15, 0.2) is 40.4 Å². The number of anilines is 1. The second-order valence-electron chi connectivity index (χ2n) is 5.56. The van der Waals surface area contributed by atoms with E-state index in [1.165, 1.54) is 18.2 Å². The third kappa shape index (κ3) is 4.82. The average molecular weight is 329 g/mol. The summed E-state index contributed by atoms with van der Waals surface area (Å²) in [5, 5.41) is 29.3. The van der Waals surface area contributed by atoms with Gasteiger partial charge < -0.3 is 5.32 Å². The maximum absolute atomic E-state index is 12.5. The molecule has 0 fully saturated rings. The topological polar surface area (TPSA) is 130 Å². The van der Waals surface area contributed by atoms with Crippen LogP contribution in [-0.4, -0.2) is 14.0 Å². The Kier molecular flexibility index (Phi) is 5.48. The van der Waals surface area contributed by atoms with Gasteiger partial charge in [0, 0.05) is 5.54 Å². The van der Waals surface area contributed by atoms with Crippen molar-refractivity contribution in [2.45, 2.75) is 31.2 Å². The van der Waals surface area contributed by atoms with Gasteiger partial charge in [-0.15, -0.1) is 0 Å². The molecule has 0 aliphatic carbocycles. The van der Waals surface area contributed by atoms with Crippen molar-refractivity contribution in [2.24, 2.45) is 0 Å². The summed E-state index contributed by atoms with van der Waals surface area (Å²) in [4.78, 5) is -0.0853. The van der Waals surface area contributed by atoms with E-state index in [2.05, 4.69) is 10.0 Å². The first-order valence-electron chi connectivity index (χ1n) is 6.49. The molecule has 0 heterocycles. The summed E-state index contributed by atoms with van der Waals surface area (Å²) >= 11 is 0. The number of rotatable bonds is 4. The molecule has 118 valence electrons. The molecular weight excluding hydrogens is 314 g/mol. The maximum Gasteiger partial charge on any atom is 0.243 e. The molecule has 8 heteroatoms. The zero-order chi connectivity index (χ0) is 17.7. The molecule has 7 nitrogen and oxygen atoms in total. The summed E-state index contributed by atoms with van der Waals surface area (Å²) in [6, 6.07) is 10.8. The van der Waals surface area contributed by atoms with Crippen LogP contribution in [0.3, 0.4) is 0 Å². The number of nitriles is 3. The average Bonchev–Trinajstić information content (AvgIpc) is 2.45. The van der Waals surface area contributed by atoms with Crippen LogP contribution in [-0.2, 0) is 10.0 Å². The van der Waals surface area contributed by atoms with Gasteiger partial charge in [-0.1, -0.05) is 12.1 Å². The first-order valence-corrected chi connectivity index (χ1v) is 7.97.